The SMILES string of the molecule is O=C(OCC(=O)c1cc(F)ccc1F)c1cc2ccccc2s1. The zero-order valence-electron chi connectivity index (χ0n) is 11.7. The Balaban J connectivity index is 1.71. The van der Waals surface area contributed by atoms with E-state index >= 15 is 0 Å². The van der Waals surface area contributed by atoms with Crippen molar-refractivity contribution in [3.63, 3.8) is 0 Å². The van der Waals surface area contributed by atoms with E-state index in [0.717, 1.165) is 28.3 Å². The van der Waals surface area contributed by atoms with Crippen molar-refractivity contribution in [1.82, 2.24) is 0 Å². The van der Waals surface area contributed by atoms with Gasteiger partial charge >= 0.3 is 5.97 Å². The molecule has 0 atom stereocenters. The van der Waals surface area contributed by atoms with Crippen LogP contribution in [0.15, 0.2) is 48.5 Å². The fourth-order valence-corrected chi connectivity index (χ4v) is 3.03. The summed E-state index contributed by atoms with van der Waals surface area (Å²) in [5, 5.41) is 0.895. The Morgan fingerprint density at radius 1 is 1.04 bits per heavy atom. The van der Waals surface area contributed by atoms with E-state index in [0.29, 0.717) is 4.88 Å². The van der Waals surface area contributed by atoms with Gasteiger partial charge in [0.2, 0.25) is 5.78 Å². The number of rotatable bonds is 4. The maximum absolute atomic E-state index is 13.5. The monoisotopic (exact) mass is 332 g/mol. The number of ketones is 1. The van der Waals surface area contributed by atoms with E-state index < -0.39 is 35.6 Å². The molecule has 0 saturated heterocycles. The lowest BCUT2D eigenvalue weighted by Gasteiger charge is -2.04. The lowest BCUT2D eigenvalue weighted by atomic mass is 10.1. The second kappa shape index (κ2) is 6.26. The van der Waals surface area contributed by atoms with Crippen molar-refractivity contribution in [2.75, 3.05) is 6.61 Å². The smallest absolute Gasteiger partial charge is 0.348 e. The van der Waals surface area contributed by atoms with Gasteiger partial charge in [-0.05, 0) is 35.7 Å². The van der Waals surface area contributed by atoms with E-state index in [1.54, 1.807) is 6.07 Å². The number of fused-ring (bicyclic) bond motifs is 1. The molecule has 3 nitrogen and oxygen atoms in total. The predicted octanol–water partition coefficient (Wildman–Crippen LogP) is 4.22. The van der Waals surface area contributed by atoms with Crippen molar-refractivity contribution in [2.45, 2.75) is 0 Å². The summed E-state index contributed by atoms with van der Waals surface area (Å²) in [5.74, 6) is -3.05. The number of esters is 1. The number of ether oxygens (including phenoxy) is 1. The largest absolute Gasteiger partial charge is 0.453 e. The molecular weight excluding hydrogens is 322 g/mol. The van der Waals surface area contributed by atoms with Gasteiger partial charge in [-0.15, -0.1) is 11.3 Å². The summed E-state index contributed by atoms with van der Waals surface area (Å²) in [6.45, 7) is -0.645. The average Bonchev–Trinajstić information content (AvgIpc) is 2.98. The van der Waals surface area contributed by atoms with Gasteiger partial charge in [-0.3, -0.25) is 4.79 Å². The Bertz CT molecular complexity index is 869. The normalized spacial score (nSPS) is 10.7. The highest BCUT2D eigenvalue weighted by molar-refractivity contribution is 7.20. The molecule has 3 rings (SSSR count). The Morgan fingerprint density at radius 3 is 2.61 bits per heavy atom. The summed E-state index contributed by atoms with van der Waals surface area (Å²) in [4.78, 5) is 24.2. The molecule has 0 fully saturated rings. The van der Waals surface area contributed by atoms with Crippen molar-refractivity contribution in [3.8, 4) is 0 Å². The van der Waals surface area contributed by atoms with Crippen LogP contribution in [-0.4, -0.2) is 18.4 Å². The van der Waals surface area contributed by atoms with Crippen LogP contribution in [0.5, 0.6) is 0 Å². The van der Waals surface area contributed by atoms with Crippen LogP contribution < -0.4 is 0 Å². The first kappa shape index (κ1) is 15.3. The third kappa shape index (κ3) is 3.27. The van der Waals surface area contributed by atoms with Crippen molar-refractivity contribution in [1.29, 1.82) is 0 Å². The Kier molecular flexibility index (Phi) is 4.16. The van der Waals surface area contributed by atoms with Gasteiger partial charge in [0.05, 0.1) is 5.56 Å². The summed E-state index contributed by atoms with van der Waals surface area (Å²) in [6, 6.07) is 11.6. The first-order valence-corrected chi connectivity index (χ1v) is 7.50. The molecule has 2 aromatic carbocycles. The van der Waals surface area contributed by atoms with Crippen LogP contribution in [-0.2, 0) is 4.74 Å². The molecule has 0 radical (unpaired) electrons. The molecule has 1 heterocycles. The predicted molar refractivity (Wildman–Crippen MR) is 82.8 cm³/mol. The van der Waals surface area contributed by atoms with Gasteiger partial charge in [0.1, 0.15) is 16.5 Å². The molecule has 0 amide bonds. The quantitative estimate of drug-likeness (QED) is 0.531. The van der Waals surface area contributed by atoms with Gasteiger partial charge in [0.25, 0.3) is 0 Å². The third-order valence-corrected chi connectivity index (χ3v) is 4.29. The minimum Gasteiger partial charge on any atom is -0.453 e. The fourth-order valence-electron chi connectivity index (χ4n) is 2.07. The van der Waals surface area contributed by atoms with Gasteiger partial charge in [-0.1, -0.05) is 18.2 Å². The summed E-state index contributed by atoms with van der Waals surface area (Å²) in [6.07, 6.45) is 0. The highest BCUT2D eigenvalue weighted by atomic mass is 32.1. The average molecular weight is 332 g/mol. The van der Waals surface area contributed by atoms with Crippen molar-refractivity contribution >= 4 is 33.2 Å². The number of halogens is 2. The van der Waals surface area contributed by atoms with Gasteiger partial charge in [0, 0.05) is 4.70 Å². The van der Waals surface area contributed by atoms with Gasteiger partial charge in [-0.25, -0.2) is 13.6 Å². The molecule has 0 unspecified atom stereocenters. The highest BCUT2D eigenvalue weighted by Gasteiger charge is 2.17. The van der Waals surface area contributed by atoms with Gasteiger partial charge in [0.15, 0.2) is 6.61 Å². The van der Waals surface area contributed by atoms with E-state index in [-0.39, 0.29) is 0 Å². The standard InChI is InChI=1S/C17H10F2O3S/c18-11-5-6-13(19)12(8-11)14(20)9-22-17(21)16-7-10-3-1-2-4-15(10)23-16/h1-8H,9H2. The maximum Gasteiger partial charge on any atom is 0.348 e. The van der Waals surface area contributed by atoms with Crippen molar-refractivity contribution in [3.05, 3.63) is 70.6 Å². The van der Waals surface area contributed by atoms with E-state index in [2.05, 4.69) is 0 Å². The number of hydrogen-bond donors (Lipinski definition) is 0. The van der Waals surface area contributed by atoms with Gasteiger partial charge in [-0.2, -0.15) is 0 Å². The highest BCUT2D eigenvalue weighted by Crippen LogP contribution is 2.25. The lowest BCUT2D eigenvalue weighted by Crippen LogP contribution is -2.15. The van der Waals surface area contributed by atoms with Crippen molar-refractivity contribution < 1.29 is 23.1 Å². The van der Waals surface area contributed by atoms with Crippen LogP contribution in [0.1, 0.15) is 20.0 Å². The van der Waals surface area contributed by atoms with E-state index in [1.165, 1.54) is 11.3 Å². The van der Waals surface area contributed by atoms with Crippen LogP contribution >= 0.6 is 11.3 Å². The molecule has 116 valence electrons. The van der Waals surface area contributed by atoms with E-state index in [1.807, 2.05) is 24.3 Å². The second-order valence-corrected chi connectivity index (χ2v) is 5.86. The number of hydrogen-bond acceptors (Lipinski definition) is 4. The number of carbonyl (C=O) groups excluding carboxylic acids is 2. The first-order chi connectivity index (χ1) is 11.0. The minimum absolute atomic E-state index is 0.346. The van der Waals surface area contributed by atoms with Gasteiger partial charge < -0.3 is 4.74 Å². The molecule has 0 N–H and O–H groups in total. The second-order valence-electron chi connectivity index (χ2n) is 4.77. The molecule has 0 aliphatic carbocycles. The minimum atomic E-state index is -0.852. The van der Waals surface area contributed by atoms with Crippen LogP contribution in [0.2, 0.25) is 0 Å². The number of thiophene rings is 1. The molecule has 0 saturated carbocycles. The van der Waals surface area contributed by atoms with Crippen LogP contribution in [0, 0.1) is 11.6 Å². The summed E-state index contributed by atoms with van der Waals surface area (Å²) in [5.41, 5.74) is -0.436. The van der Waals surface area contributed by atoms with E-state index in [4.69, 9.17) is 4.74 Å². The third-order valence-electron chi connectivity index (χ3n) is 3.19. The molecule has 1 aromatic heterocycles. The zero-order chi connectivity index (χ0) is 16.4. The van der Waals surface area contributed by atoms with E-state index in [9.17, 15) is 18.4 Å². The van der Waals surface area contributed by atoms with Crippen molar-refractivity contribution in [2.24, 2.45) is 0 Å². The summed E-state index contributed by atoms with van der Waals surface area (Å²) >= 11 is 1.24. The Hall–Kier alpha value is -2.60. The molecule has 23 heavy (non-hydrogen) atoms. The Morgan fingerprint density at radius 2 is 1.83 bits per heavy atom. The maximum atomic E-state index is 13.5. The fraction of sp³-hybridized carbons (Fsp3) is 0.0588. The molecule has 3 aromatic rings. The van der Waals surface area contributed by atoms with Crippen LogP contribution in [0.4, 0.5) is 8.78 Å². The first-order valence-electron chi connectivity index (χ1n) is 6.68. The van der Waals surface area contributed by atoms with Crippen LogP contribution in [0.3, 0.4) is 0 Å². The molecule has 0 aliphatic heterocycles. The Labute approximate surface area is 134 Å². The lowest BCUT2D eigenvalue weighted by molar-refractivity contribution is 0.0478. The number of benzene rings is 2. The summed E-state index contributed by atoms with van der Waals surface area (Å²) in [7, 11) is 0. The number of Topliss-reactive ketones (excluding diaryl/α,β-unsaturated/α-hetero) is 1. The number of carbonyl (C=O) groups is 2. The molecule has 0 spiro atoms. The molecular formula is C17H10F2O3S. The van der Waals surface area contributed by atoms with Crippen LogP contribution in [0.25, 0.3) is 10.1 Å². The molecule has 0 bridgehead atoms. The molecule has 0 aliphatic rings. The molecule has 6 heteroatoms. The topological polar surface area (TPSA) is 43.4 Å². The zero-order valence-corrected chi connectivity index (χ0v) is 12.5. The summed E-state index contributed by atoms with van der Waals surface area (Å²) < 4.78 is 32.4.